The molecule has 0 radical (unpaired) electrons. The van der Waals surface area contributed by atoms with Crippen molar-refractivity contribution >= 4 is 11.8 Å². The smallest absolute Gasteiger partial charge is 0.311 e. The average Bonchev–Trinajstić information content (AvgIpc) is 3.01. The number of ether oxygens (including phenoxy) is 2. The highest BCUT2D eigenvalue weighted by Crippen LogP contribution is 2.42. The highest BCUT2D eigenvalue weighted by molar-refractivity contribution is 6.14. The largest absolute Gasteiger partial charge is 0.508 e. The third kappa shape index (κ3) is 11.2. The molecule has 0 unspecified atom stereocenters. The van der Waals surface area contributed by atoms with Crippen molar-refractivity contribution in [3.8, 4) is 17.2 Å². The van der Waals surface area contributed by atoms with E-state index in [2.05, 4.69) is 13.0 Å². The van der Waals surface area contributed by atoms with Crippen molar-refractivity contribution in [1.29, 1.82) is 0 Å². The summed E-state index contributed by atoms with van der Waals surface area (Å²) in [5.41, 5.74) is 6.52. The number of phenolic OH excluding ortho intramolecular Hbond substituents is 1. The van der Waals surface area contributed by atoms with Crippen molar-refractivity contribution in [3.63, 3.8) is 0 Å². The normalized spacial score (nSPS) is 11.9. The first-order chi connectivity index (χ1) is 22.2. The fraction of sp³-hybridized carbons (Fsp3) is 0.561. The van der Waals surface area contributed by atoms with Crippen molar-refractivity contribution in [2.24, 2.45) is 0 Å². The van der Waals surface area contributed by atoms with Crippen molar-refractivity contribution < 1.29 is 24.2 Å². The molecule has 5 nitrogen and oxygen atoms in total. The predicted octanol–water partition coefficient (Wildman–Crippen LogP) is 10.9. The molecule has 0 saturated carbocycles. The number of benzene rings is 2. The summed E-state index contributed by atoms with van der Waals surface area (Å²) in [7, 11) is 1.56. The number of phenols is 1. The van der Waals surface area contributed by atoms with Crippen LogP contribution in [0.4, 0.5) is 0 Å². The number of hydrogen-bond acceptors (Lipinski definition) is 5. The maximum absolute atomic E-state index is 14.0. The number of carbonyl (C=O) groups excluding carboxylic acids is 2. The van der Waals surface area contributed by atoms with Gasteiger partial charge in [0.15, 0.2) is 17.3 Å². The lowest BCUT2D eigenvalue weighted by Crippen LogP contribution is -2.20. The number of methoxy groups -OCH3 is 1. The fourth-order valence-electron chi connectivity index (χ4n) is 6.29. The van der Waals surface area contributed by atoms with Gasteiger partial charge in [0.05, 0.1) is 7.11 Å². The lowest BCUT2D eigenvalue weighted by molar-refractivity contribution is -0.134. The van der Waals surface area contributed by atoms with E-state index in [1.54, 1.807) is 19.2 Å². The summed E-state index contributed by atoms with van der Waals surface area (Å²) in [5.74, 6) is 0.623. The standard InChI is InChI=1S/C41H58O5/c1-7-8-9-10-11-12-13-14-15-16-17-18-19-20-38(43)46-37-28-33-25-32-27-36(42)31(23-21-29(2)3)26-35(32)40(44)39(33)34(41(37)45-6)24-22-30(4)5/h21-22,26-28,42H,7-20,23-25H2,1-6H3. The van der Waals surface area contributed by atoms with Crippen LogP contribution in [-0.2, 0) is 24.1 Å². The molecule has 1 N–H and O–H groups in total. The Hall–Kier alpha value is -3.34. The van der Waals surface area contributed by atoms with Gasteiger partial charge in [0.25, 0.3) is 0 Å². The topological polar surface area (TPSA) is 72.8 Å². The Morgan fingerprint density at radius 3 is 1.91 bits per heavy atom. The number of ketones is 1. The molecule has 0 fully saturated rings. The van der Waals surface area contributed by atoms with E-state index in [1.807, 2.05) is 39.8 Å². The molecule has 0 bridgehead atoms. The molecule has 0 saturated heterocycles. The molecule has 46 heavy (non-hydrogen) atoms. The summed E-state index contributed by atoms with van der Waals surface area (Å²) in [4.78, 5) is 27.0. The number of unbranched alkanes of at least 4 members (excludes halogenated alkanes) is 12. The number of esters is 1. The van der Waals surface area contributed by atoms with Crippen molar-refractivity contribution in [3.05, 3.63) is 74.9 Å². The summed E-state index contributed by atoms with van der Waals surface area (Å²) in [6.45, 7) is 10.3. The molecule has 0 heterocycles. The summed E-state index contributed by atoms with van der Waals surface area (Å²) < 4.78 is 11.8. The first-order valence-electron chi connectivity index (χ1n) is 17.8. The van der Waals surface area contributed by atoms with Gasteiger partial charge in [-0.15, -0.1) is 0 Å². The second-order valence-corrected chi connectivity index (χ2v) is 13.5. The van der Waals surface area contributed by atoms with Crippen LogP contribution in [0.2, 0.25) is 0 Å². The second kappa shape index (κ2) is 19.4. The summed E-state index contributed by atoms with van der Waals surface area (Å²) >= 11 is 0. The maximum atomic E-state index is 14.0. The Labute approximate surface area is 278 Å². The van der Waals surface area contributed by atoms with Gasteiger partial charge in [-0.3, -0.25) is 9.59 Å². The van der Waals surface area contributed by atoms with E-state index in [0.717, 1.165) is 52.7 Å². The van der Waals surface area contributed by atoms with Gasteiger partial charge >= 0.3 is 5.97 Å². The predicted molar refractivity (Wildman–Crippen MR) is 190 cm³/mol. The van der Waals surface area contributed by atoms with E-state index in [9.17, 15) is 14.7 Å². The molecule has 5 heteroatoms. The molecule has 0 atom stereocenters. The van der Waals surface area contributed by atoms with E-state index in [4.69, 9.17) is 9.47 Å². The molecule has 2 aromatic carbocycles. The maximum Gasteiger partial charge on any atom is 0.311 e. The lowest BCUT2D eigenvalue weighted by atomic mass is 9.80. The quantitative estimate of drug-likeness (QED) is 0.0582. The number of hydrogen-bond donors (Lipinski definition) is 1. The molecule has 252 valence electrons. The Balaban J connectivity index is 1.65. The molecule has 0 aromatic heterocycles. The summed E-state index contributed by atoms with van der Waals surface area (Å²) in [6.07, 6.45) is 22.2. The molecule has 1 aliphatic rings. The molecule has 0 aliphatic heterocycles. The van der Waals surface area contributed by atoms with E-state index >= 15 is 0 Å². The van der Waals surface area contributed by atoms with Gasteiger partial charge in [0.1, 0.15) is 5.75 Å². The zero-order valence-electron chi connectivity index (χ0n) is 29.5. The Morgan fingerprint density at radius 1 is 0.783 bits per heavy atom. The molecular formula is C41H58O5. The molecular weight excluding hydrogens is 572 g/mol. The van der Waals surface area contributed by atoms with Crippen LogP contribution >= 0.6 is 0 Å². The van der Waals surface area contributed by atoms with Gasteiger partial charge in [0, 0.05) is 23.1 Å². The highest BCUT2D eigenvalue weighted by Gasteiger charge is 2.31. The zero-order valence-corrected chi connectivity index (χ0v) is 29.5. The van der Waals surface area contributed by atoms with E-state index < -0.39 is 0 Å². The monoisotopic (exact) mass is 630 g/mol. The van der Waals surface area contributed by atoms with Gasteiger partial charge in [-0.1, -0.05) is 107 Å². The zero-order chi connectivity index (χ0) is 33.5. The van der Waals surface area contributed by atoms with Crippen LogP contribution in [0, 0.1) is 0 Å². The first kappa shape index (κ1) is 37.1. The van der Waals surface area contributed by atoms with Crippen LogP contribution in [0.15, 0.2) is 41.5 Å². The number of carbonyl (C=O) groups is 2. The molecule has 0 spiro atoms. The van der Waals surface area contributed by atoms with Gasteiger partial charge in [-0.25, -0.2) is 0 Å². The minimum absolute atomic E-state index is 0.0880. The first-order valence-corrected chi connectivity index (χ1v) is 17.8. The molecule has 2 aromatic rings. The van der Waals surface area contributed by atoms with Crippen LogP contribution in [0.3, 0.4) is 0 Å². The number of allylic oxidation sites excluding steroid dienone is 4. The van der Waals surface area contributed by atoms with Crippen LogP contribution in [0.1, 0.15) is 163 Å². The lowest BCUT2D eigenvalue weighted by Gasteiger charge is -2.25. The van der Waals surface area contributed by atoms with E-state index in [0.29, 0.717) is 48.3 Å². The van der Waals surface area contributed by atoms with Gasteiger partial charge in [0.2, 0.25) is 0 Å². The van der Waals surface area contributed by atoms with Gasteiger partial charge in [-0.05, 0) is 88.3 Å². The third-order valence-corrected chi connectivity index (χ3v) is 8.94. The molecule has 0 amide bonds. The Bertz CT molecular complexity index is 1370. The Kier molecular flexibility index (Phi) is 15.6. The van der Waals surface area contributed by atoms with Crippen LogP contribution in [0.5, 0.6) is 17.2 Å². The number of rotatable bonds is 20. The van der Waals surface area contributed by atoms with Crippen molar-refractivity contribution in [1.82, 2.24) is 0 Å². The minimum atomic E-state index is -0.279. The number of fused-ring (bicyclic) bond motifs is 2. The third-order valence-electron chi connectivity index (χ3n) is 8.94. The average molecular weight is 631 g/mol. The van der Waals surface area contributed by atoms with E-state index in [-0.39, 0.29) is 17.5 Å². The Morgan fingerprint density at radius 2 is 1.35 bits per heavy atom. The highest BCUT2D eigenvalue weighted by atomic mass is 16.6. The summed E-state index contributed by atoms with van der Waals surface area (Å²) in [6, 6.07) is 5.33. The van der Waals surface area contributed by atoms with Crippen molar-refractivity contribution in [2.75, 3.05) is 7.11 Å². The molecule has 1 aliphatic carbocycles. The van der Waals surface area contributed by atoms with Crippen LogP contribution in [0.25, 0.3) is 0 Å². The van der Waals surface area contributed by atoms with Crippen molar-refractivity contribution in [2.45, 2.75) is 144 Å². The molecule has 3 rings (SSSR count). The minimum Gasteiger partial charge on any atom is -0.508 e. The second-order valence-electron chi connectivity index (χ2n) is 13.5. The van der Waals surface area contributed by atoms with Gasteiger partial charge in [-0.2, -0.15) is 0 Å². The van der Waals surface area contributed by atoms with E-state index in [1.165, 1.54) is 64.2 Å². The number of aromatic hydroxyl groups is 1. The van der Waals surface area contributed by atoms with Gasteiger partial charge < -0.3 is 14.6 Å². The van der Waals surface area contributed by atoms with Crippen LogP contribution < -0.4 is 9.47 Å². The van der Waals surface area contributed by atoms with Crippen LogP contribution in [-0.4, -0.2) is 24.0 Å². The SMILES string of the molecule is CCCCCCCCCCCCCCCC(=O)Oc1cc2c(c(CC=C(C)C)c1OC)C(=O)c1cc(CC=C(C)C)c(O)cc1C2. The summed E-state index contributed by atoms with van der Waals surface area (Å²) in [5, 5.41) is 10.7. The fourth-order valence-corrected chi connectivity index (χ4v) is 6.29.